The van der Waals surface area contributed by atoms with Gasteiger partial charge in [-0.1, -0.05) is 0 Å². The molecular weight excluding hydrogens is 264 g/mol. The van der Waals surface area contributed by atoms with E-state index in [9.17, 15) is 14.9 Å². The summed E-state index contributed by atoms with van der Waals surface area (Å²) in [6, 6.07) is 3.01. The fraction of sp³-hybridized carbons (Fsp3) is 0.462. The fourth-order valence-electron chi connectivity index (χ4n) is 2.20. The molecule has 1 saturated heterocycles. The number of carbonyl (C=O) groups excluding carboxylic acids is 1. The van der Waals surface area contributed by atoms with Gasteiger partial charge in [0.15, 0.2) is 0 Å². The smallest absolute Gasteiger partial charge is 0.312 e. The lowest BCUT2D eigenvalue weighted by molar-refractivity contribution is -0.385. The van der Waals surface area contributed by atoms with Gasteiger partial charge in [0.2, 0.25) is 5.75 Å². The van der Waals surface area contributed by atoms with Crippen molar-refractivity contribution >= 4 is 11.6 Å². The molecule has 0 radical (unpaired) electrons. The van der Waals surface area contributed by atoms with Gasteiger partial charge >= 0.3 is 5.69 Å². The standard InChI is InChI=1S/C13H16N2O5/c1-9-7-10(12(19-2)11(8-9)15(17)18)13(16)14-3-5-20-6-4-14/h7-8H,3-6H2,1-2H3. The van der Waals surface area contributed by atoms with E-state index in [0.29, 0.717) is 31.9 Å². The molecule has 1 aliphatic heterocycles. The first-order chi connectivity index (χ1) is 9.54. The first-order valence-corrected chi connectivity index (χ1v) is 6.24. The molecule has 7 heteroatoms. The Bertz CT molecular complexity index is 538. The average molecular weight is 280 g/mol. The maximum Gasteiger partial charge on any atom is 0.312 e. The highest BCUT2D eigenvalue weighted by Crippen LogP contribution is 2.33. The third-order valence-electron chi connectivity index (χ3n) is 3.14. The van der Waals surface area contributed by atoms with Crippen molar-refractivity contribution in [3.63, 3.8) is 0 Å². The van der Waals surface area contributed by atoms with E-state index in [2.05, 4.69) is 0 Å². The largest absolute Gasteiger partial charge is 0.490 e. The summed E-state index contributed by atoms with van der Waals surface area (Å²) in [4.78, 5) is 24.6. The van der Waals surface area contributed by atoms with Crippen LogP contribution < -0.4 is 4.74 Å². The molecular formula is C13H16N2O5. The van der Waals surface area contributed by atoms with Crippen molar-refractivity contribution in [1.82, 2.24) is 4.90 Å². The lowest BCUT2D eigenvalue weighted by Gasteiger charge is -2.27. The molecule has 0 saturated carbocycles. The molecule has 1 heterocycles. The van der Waals surface area contributed by atoms with Crippen molar-refractivity contribution in [2.75, 3.05) is 33.4 Å². The normalized spacial score (nSPS) is 15.0. The van der Waals surface area contributed by atoms with Gasteiger partial charge in [-0.15, -0.1) is 0 Å². The van der Waals surface area contributed by atoms with E-state index in [-0.39, 0.29) is 22.9 Å². The number of nitrogens with zero attached hydrogens (tertiary/aromatic N) is 2. The summed E-state index contributed by atoms with van der Waals surface area (Å²) >= 11 is 0. The molecule has 1 aliphatic rings. The first-order valence-electron chi connectivity index (χ1n) is 6.24. The number of hydrogen-bond donors (Lipinski definition) is 0. The Morgan fingerprint density at radius 2 is 2.05 bits per heavy atom. The van der Waals surface area contributed by atoms with Crippen LogP contribution in [0.5, 0.6) is 5.75 Å². The van der Waals surface area contributed by atoms with Gasteiger partial charge in [0.05, 0.1) is 30.8 Å². The number of amides is 1. The topological polar surface area (TPSA) is 81.9 Å². The van der Waals surface area contributed by atoms with E-state index in [1.807, 2.05) is 0 Å². The minimum Gasteiger partial charge on any atom is -0.490 e. The predicted molar refractivity (Wildman–Crippen MR) is 71.1 cm³/mol. The monoisotopic (exact) mass is 280 g/mol. The van der Waals surface area contributed by atoms with Crippen LogP contribution in [0, 0.1) is 17.0 Å². The van der Waals surface area contributed by atoms with E-state index in [0.717, 1.165) is 0 Å². The SMILES string of the molecule is COc1c(C(=O)N2CCOCC2)cc(C)cc1[N+](=O)[O-]. The highest BCUT2D eigenvalue weighted by molar-refractivity contribution is 5.98. The number of methoxy groups -OCH3 is 1. The van der Waals surface area contributed by atoms with Crippen LogP contribution in [0.1, 0.15) is 15.9 Å². The van der Waals surface area contributed by atoms with E-state index >= 15 is 0 Å². The van der Waals surface area contributed by atoms with Gasteiger partial charge in [-0.25, -0.2) is 0 Å². The zero-order valence-electron chi connectivity index (χ0n) is 11.4. The molecule has 0 aromatic heterocycles. The van der Waals surface area contributed by atoms with Crippen LogP contribution >= 0.6 is 0 Å². The summed E-state index contributed by atoms with van der Waals surface area (Å²) in [7, 11) is 1.33. The van der Waals surface area contributed by atoms with Gasteiger partial charge in [0, 0.05) is 19.2 Å². The molecule has 2 rings (SSSR count). The molecule has 0 N–H and O–H groups in total. The Labute approximate surface area is 116 Å². The molecule has 7 nitrogen and oxygen atoms in total. The third kappa shape index (κ3) is 2.72. The summed E-state index contributed by atoms with van der Waals surface area (Å²) in [5.41, 5.74) is 0.680. The predicted octanol–water partition coefficient (Wildman–Crippen LogP) is 1.38. The van der Waals surface area contributed by atoms with E-state index in [1.165, 1.54) is 13.2 Å². The van der Waals surface area contributed by atoms with Gasteiger partial charge in [-0.05, 0) is 18.6 Å². The number of rotatable bonds is 3. The molecule has 1 fully saturated rings. The van der Waals surface area contributed by atoms with Crippen molar-refractivity contribution in [1.29, 1.82) is 0 Å². The van der Waals surface area contributed by atoms with Crippen LogP contribution in [0.2, 0.25) is 0 Å². The lowest BCUT2D eigenvalue weighted by Crippen LogP contribution is -2.40. The van der Waals surface area contributed by atoms with Crippen LogP contribution in [-0.2, 0) is 4.74 Å². The molecule has 20 heavy (non-hydrogen) atoms. The van der Waals surface area contributed by atoms with Gasteiger partial charge in [-0.3, -0.25) is 14.9 Å². The van der Waals surface area contributed by atoms with Gasteiger partial charge in [0.1, 0.15) is 0 Å². The maximum absolute atomic E-state index is 12.5. The highest BCUT2D eigenvalue weighted by atomic mass is 16.6. The summed E-state index contributed by atoms with van der Waals surface area (Å²) in [6.45, 7) is 3.61. The third-order valence-corrected chi connectivity index (χ3v) is 3.14. The number of morpholine rings is 1. The molecule has 0 spiro atoms. The van der Waals surface area contributed by atoms with Crippen molar-refractivity contribution in [3.05, 3.63) is 33.4 Å². The van der Waals surface area contributed by atoms with Gasteiger partial charge < -0.3 is 14.4 Å². The summed E-state index contributed by atoms with van der Waals surface area (Å²) in [5.74, 6) is -0.256. The van der Waals surface area contributed by atoms with Gasteiger partial charge in [-0.2, -0.15) is 0 Å². The Hall–Kier alpha value is -2.15. The number of benzene rings is 1. The second-order valence-electron chi connectivity index (χ2n) is 4.53. The Balaban J connectivity index is 2.43. The fourth-order valence-corrected chi connectivity index (χ4v) is 2.20. The molecule has 1 amide bonds. The summed E-state index contributed by atoms with van der Waals surface area (Å²) < 4.78 is 10.3. The van der Waals surface area contributed by atoms with Crippen LogP contribution in [0.15, 0.2) is 12.1 Å². The number of carbonyl (C=O) groups is 1. The second kappa shape index (κ2) is 5.87. The molecule has 108 valence electrons. The molecule has 1 aromatic rings. The minimum absolute atomic E-state index is 0.0112. The molecule has 0 atom stereocenters. The van der Waals surface area contributed by atoms with Crippen LogP contribution in [-0.4, -0.2) is 49.1 Å². The van der Waals surface area contributed by atoms with Crippen molar-refractivity contribution < 1.29 is 19.2 Å². The molecule has 1 aromatic carbocycles. The highest BCUT2D eigenvalue weighted by Gasteiger charge is 2.27. The lowest BCUT2D eigenvalue weighted by atomic mass is 10.1. The van der Waals surface area contributed by atoms with Crippen molar-refractivity contribution in [2.45, 2.75) is 6.92 Å². The molecule has 0 aliphatic carbocycles. The van der Waals surface area contributed by atoms with E-state index in [4.69, 9.17) is 9.47 Å². The quantitative estimate of drug-likeness (QED) is 0.617. The summed E-state index contributed by atoms with van der Waals surface area (Å²) in [6.07, 6.45) is 0. The average Bonchev–Trinajstić information content (AvgIpc) is 2.46. The molecule has 0 unspecified atom stereocenters. The molecule has 0 bridgehead atoms. The number of ether oxygens (including phenoxy) is 2. The van der Waals surface area contributed by atoms with Crippen LogP contribution in [0.4, 0.5) is 5.69 Å². The zero-order chi connectivity index (χ0) is 14.7. The second-order valence-corrected chi connectivity index (χ2v) is 4.53. The first kappa shape index (κ1) is 14.3. The van der Waals surface area contributed by atoms with Crippen LogP contribution in [0.3, 0.4) is 0 Å². The van der Waals surface area contributed by atoms with Gasteiger partial charge in [0.25, 0.3) is 5.91 Å². The van der Waals surface area contributed by atoms with Crippen molar-refractivity contribution in [2.24, 2.45) is 0 Å². The maximum atomic E-state index is 12.5. The van der Waals surface area contributed by atoms with E-state index in [1.54, 1.807) is 17.9 Å². The Morgan fingerprint density at radius 1 is 1.40 bits per heavy atom. The van der Waals surface area contributed by atoms with Crippen LogP contribution in [0.25, 0.3) is 0 Å². The number of aryl methyl sites for hydroxylation is 1. The zero-order valence-corrected chi connectivity index (χ0v) is 11.4. The Morgan fingerprint density at radius 3 is 2.60 bits per heavy atom. The number of nitro benzene ring substituents is 1. The minimum atomic E-state index is -0.540. The van der Waals surface area contributed by atoms with E-state index < -0.39 is 4.92 Å². The number of hydrogen-bond acceptors (Lipinski definition) is 5. The summed E-state index contributed by atoms with van der Waals surface area (Å²) in [5, 5.41) is 11.1. The number of nitro groups is 1. The van der Waals surface area contributed by atoms with Crippen molar-refractivity contribution in [3.8, 4) is 5.75 Å². The Kier molecular flexibility index (Phi) is 4.19.